The van der Waals surface area contributed by atoms with Crippen LogP contribution in [0.25, 0.3) is 0 Å². The second-order valence-electron chi connectivity index (χ2n) is 5.17. The molecule has 0 spiro atoms. The molecule has 1 aromatic heterocycles. The maximum Gasteiger partial charge on any atom is 0.285 e. The van der Waals surface area contributed by atoms with Gasteiger partial charge in [0.2, 0.25) is 5.91 Å². The van der Waals surface area contributed by atoms with Crippen LogP contribution < -0.4 is 5.56 Å². The largest absolute Gasteiger partial charge is 0.372 e. The molecule has 1 fully saturated rings. The maximum atomic E-state index is 12.2. The molecule has 8 heteroatoms. The van der Waals surface area contributed by atoms with Crippen molar-refractivity contribution in [2.75, 3.05) is 13.1 Å². The zero-order valence-corrected chi connectivity index (χ0v) is 11.9. The Morgan fingerprint density at radius 3 is 2.57 bits per heavy atom. The molecule has 0 unspecified atom stereocenters. The predicted molar refractivity (Wildman–Crippen MR) is 73.9 cm³/mol. The second-order valence-corrected chi connectivity index (χ2v) is 5.17. The van der Waals surface area contributed by atoms with Gasteiger partial charge in [-0.25, -0.2) is 0 Å². The molecule has 8 nitrogen and oxygen atoms in total. The molecule has 0 aromatic carbocycles. The van der Waals surface area contributed by atoms with E-state index in [9.17, 15) is 19.7 Å². The number of nitro groups is 1. The number of ether oxygens (including phenoxy) is 1. The number of amides is 1. The fourth-order valence-electron chi connectivity index (χ4n) is 2.38. The fraction of sp³-hybridized carbons (Fsp3) is 0.538. The highest BCUT2D eigenvalue weighted by molar-refractivity contribution is 5.76. The number of nitrogens with zero attached hydrogens (tertiary/aromatic N) is 3. The summed E-state index contributed by atoms with van der Waals surface area (Å²) >= 11 is 0. The van der Waals surface area contributed by atoms with Gasteiger partial charge in [0.05, 0.1) is 23.3 Å². The highest BCUT2D eigenvalue weighted by Crippen LogP contribution is 2.12. The normalized spacial score (nSPS) is 22.1. The Morgan fingerprint density at radius 1 is 1.38 bits per heavy atom. The van der Waals surface area contributed by atoms with Gasteiger partial charge in [0.15, 0.2) is 0 Å². The van der Waals surface area contributed by atoms with Crippen molar-refractivity contribution < 1.29 is 14.5 Å². The predicted octanol–water partition coefficient (Wildman–Crippen LogP) is 0.392. The lowest BCUT2D eigenvalue weighted by Gasteiger charge is -2.35. The Bertz CT molecular complexity index is 602. The van der Waals surface area contributed by atoms with E-state index in [4.69, 9.17) is 4.74 Å². The fourth-order valence-corrected chi connectivity index (χ4v) is 2.38. The Hall–Kier alpha value is -2.22. The van der Waals surface area contributed by atoms with Crippen LogP contribution in [0.5, 0.6) is 0 Å². The van der Waals surface area contributed by atoms with Gasteiger partial charge in [-0.15, -0.1) is 0 Å². The number of hydrogen-bond donors (Lipinski definition) is 0. The third kappa shape index (κ3) is 3.66. The van der Waals surface area contributed by atoms with Crippen molar-refractivity contribution in [3.63, 3.8) is 0 Å². The third-order valence-corrected chi connectivity index (χ3v) is 3.26. The minimum absolute atomic E-state index is 0.0699. The summed E-state index contributed by atoms with van der Waals surface area (Å²) in [5, 5.41) is 10.7. The number of hydrogen-bond acceptors (Lipinski definition) is 5. The van der Waals surface area contributed by atoms with Gasteiger partial charge in [-0.2, -0.15) is 0 Å². The van der Waals surface area contributed by atoms with E-state index in [0.717, 1.165) is 22.9 Å². The molecule has 1 saturated heterocycles. The summed E-state index contributed by atoms with van der Waals surface area (Å²) in [5.74, 6) is -0.250. The smallest absolute Gasteiger partial charge is 0.285 e. The monoisotopic (exact) mass is 295 g/mol. The topological polar surface area (TPSA) is 94.7 Å². The van der Waals surface area contributed by atoms with Crippen LogP contribution in [0, 0.1) is 10.1 Å². The molecule has 0 aliphatic carbocycles. The molecular formula is C13H17N3O5. The zero-order chi connectivity index (χ0) is 15.6. The molecular weight excluding hydrogens is 278 g/mol. The van der Waals surface area contributed by atoms with Gasteiger partial charge < -0.3 is 9.64 Å². The summed E-state index contributed by atoms with van der Waals surface area (Å²) in [6.07, 6.45) is 0.951. The number of aromatic nitrogens is 1. The Labute approximate surface area is 121 Å². The van der Waals surface area contributed by atoms with Crippen molar-refractivity contribution in [2.24, 2.45) is 0 Å². The number of rotatable bonds is 3. The third-order valence-electron chi connectivity index (χ3n) is 3.26. The van der Waals surface area contributed by atoms with Gasteiger partial charge in [-0.05, 0) is 13.8 Å². The lowest BCUT2D eigenvalue weighted by Crippen LogP contribution is -2.49. The molecule has 21 heavy (non-hydrogen) atoms. The zero-order valence-electron chi connectivity index (χ0n) is 11.9. The molecule has 0 N–H and O–H groups in total. The van der Waals surface area contributed by atoms with E-state index in [0.29, 0.717) is 13.1 Å². The van der Waals surface area contributed by atoms with Crippen LogP contribution in [0.15, 0.2) is 23.1 Å². The van der Waals surface area contributed by atoms with E-state index in [1.165, 1.54) is 0 Å². The van der Waals surface area contributed by atoms with E-state index >= 15 is 0 Å². The molecule has 1 aliphatic rings. The number of carbonyl (C=O) groups is 1. The van der Waals surface area contributed by atoms with Crippen molar-refractivity contribution >= 4 is 11.6 Å². The lowest BCUT2D eigenvalue weighted by molar-refractivity contribution is -0.385. The van der Waals surface area contributed by atoms with Crippen LogP contribution in [0.2, 0.25) is 0 Å². The highest BCUT2D eigenvalue weighted by atomic mass is 16.6. The molecule has 0 bridgehead atoms. The molecule has 2 rings (SSSR count). The molecule has 1 amide bonds. The van der Waals surface area contributed by atoms with Gasteiger partial charge in [0, 0.05) is 25.2 Å². The van der Waals surface area contributed by atoms with Crippen LogP contribution in [-0.4, -0.2) is 45.6 Å². The van der Waals surface area contributed by atoms with Crippen molar-refractivity contribution in [3.05, 3.63) is 38.8 Å². The summed E-state index contributed by atoms with van der Waals surface area (Å²) in [6, 6.07) is 2.22. The maximum absolute atomic E-state index is 12.2. The number of morpholine rings is 1. The molecule has 1 aromatic rings. The number of pyridine rings is 1. The first-order valence-electron chi connectivity index (χ1n) is 6.65. The van der Waals surface area contributed by atoms with E-state index in [2.05, 4.69) is 0 Å². The van der Waals surface area contributed by atoms with Gasteiger partial charge in [0.25, 0.3) is 11.2 Å². The van der Waals surface area contributed by atoms with Crippen LogP contribution in [0.1, 0.15) is 13.8 Å². The van der Waals surface area contributed by atoms with Crippen molar-refractivity contribution in [1.29, 1.82) is 0 Å². The van der Waals surface area contributed by atoms with Gasteiger partial charge in [-0.3, -0.25) is 24.3 Å². The van der Waals surface area contributed by atoms with Gasteiger partial charge in [-0.1, -0.05) is 0 Å². The second kappa shape index (κ2) is 6.04. The first-order valence-corrected chi connectivity index (χ1v) is 6.65. The highest BCUT2D eigenvalue weighted by Gasteiger charge is 2.26. The van der Waals surface area contributed by atoms with Crippen LogP contribution >= 0.6 is 0 Å². The average molecular weight is 295 g/mol. The van der Waals surface area contributed by atoms with Crippen molar-refractivity contribution in [3.8, 4) is 0 Å². The Balaban J connectivity index is 2.14. The Morgan fingerprint density at radius 2 is 2.00 bits per heavy atom. The number of carbonyl (C=O) groups excluding carboxylic acids is 1. The summed E-state index contributed by atoms with van der Waals surface area (Å²) in [4.78, 5) is 35.7. The van der Waals surface area contributed by atoms with Crippen LogP contribution in [-0.2, 0) is 16.1 Å². The molecule has 114 valence electrons. The summed E-state index contributed by atoms with van der Waals surface area (Å²) in [5.41, 5.74) is -0.658. The minimum Gasteiger partial charge on any atom is -0.372 e. The molecule has 0 saturated carbocycles. The van der Waals surface area contributed by atoms with Crippen LogP contribution in [0.4, 0.5) is 5.69 Å². The molecule has 1 aliphatic heterocycles. The van der Waals surface area contributed by atoms with Crippen molar-refractivity contribution in [2.45, 2.75) is 32.6 Å². The van der Waals surface area contributed by atoms with Gasteiger partial charge in [0.1, 0.15) is 6.54 Å². The van der Waals surface area contributed by atoms with E-state index in [1.807, 2.05) is 13.8 Å². The quantitative estimate of drug-likeness (QED) is 0.594. The molecule has 2 heterocycles. The summed E-state index contributed by atoms with van der Waals surface area (Å²) < 4.78 is 6.60. The molecule has 2 atom stereocenters. The van der Waals surface area contributed by atoms with E-state index < -0.39 is 10.5 Å². The summed E-state index contributed by atoms with van der Waals surface area (Å²) in [7, 11) is 0. The van der Waals surface area contributed by atoms with E-state index in [-0.39, 0.29) is 30.3 Å². The average Bonchev–Trinajstić information content (AvgIpc) is 2.39. The molecule has 0 radical (unpaired) electrons. The standard InChI is InChI=1S/C13H17N3O5/c1-9-5-14(6-10(2)21-9)13(18)8-15-7-11(16(19)20)3-4-12(15)17/h3-4,7,9-10H,5-6,8H2,1-2H3/t9-,10-/m1/s1. The van der Waals surface area contributed by atoms with Gasteiger partial charge >= 0.3 is 0 Å². The SMILES string of the molecule is C[C@@H]1CN(C(=O)Cn2cc([N+](=O)[O-])ccc2=O)C[C@@H](C)O1. The Kier molecular flexibility index (Phi) is 4.37. The first kappa shape index (κ1) is 15.2. The minimum atomic E-state index is -0.598. The van der Waals surface area contributed by atoms with E-state index in [1.54, 1.807) is 4.90 Å². The van der Waals surface area contributed by atoms with Crippen molar-refractivity contribution in [1.82, 2.24) is 9.47 Å². The lowest BCUT2D eigenvalue weighted by atomic mass is 10.2. The van der Waals surface area contributed by atoms with Crippen LogP contribution in [0.3, 0.4) is 0 Å². The summed E-state index contributed by atoms with van der Waals surface area (Å²) in [6.45, 7) is 4.44. The first-order chi connectivity index (χ1) is 9.86.